The number of hydrogen-bond acceptors (Lipinski definition) is 3. The molecule has 0 spiro atoms. The molecule has 21 heavy (non-hydrogen) atoms. The van der Waals surface area contributed by atoms with E-state index in [9.17, 15) is 4.39 Å². The van der Waals surface area contributed by atoms with Gasteiger partial charge in [0.15, 0.2) is 0 Å². The van der Waals surface area contributed by atoms with Crippen LogP contribution in [0.25, 0.3) is 0 Å². The maximum Gasteiger partial charge on any atom is 0.137 e. The summed E-state index contributed by atoms with van der Waals surface area (Å²) in [5, 5.41) is 3.42. The maximum absolute atomic E-state index is 13.7. The molecule has 3 nitrogen and oxygen atoms in total. The van der Waals surface area contributed by atoms with Gasteiger partial charge in [0.25, 0.3) is 0 Å². The lowest BCUT2D eigenvalue weighted by Crippen LogP contribution is -2.45. The van der Waals surface area contributed by atoms with Gasteiger partial charge in [-0.1, -0.05) is 12.1 Å². The molecule has 1 N–H and O–H groups in total. The van der Waals surface area contributed by atoms with Crippen molar-refractivity contribution < 1.29 is 4.39 Å². The van der Waals surface area contributed by atoms with Gasteiger partial charge in [0.1, 0.15) is 5.82 Å². The summed E-state index contributed by atoms with van der Waals surface area (Å²) in [6, 6.07) is 9.67. The minimum absolute atomic E-state index is 0.208. The SMILES string of the molecule is Fc1cc(CN2CCNCC2c2cccnc2)ccc1Br. The average Bonchev–Trinajstić information content (AvgIpc) is 2.52. The van der Waals surface area contributed by atoms with Crippen LogP contribution in [0.2, 0.25) is 0 Å². The Morgan fingerprint density at radius 3 is 3.05 bits per heavy atom. The molecule has 2 heterocycles. The van der Waals surface area contributed by atoms with Gasteiger partial charge in [-0.2, -0.15) is 0 Å². The lowest BCUT2D eigenvalue weighted by atomic mass is 10.0. The summed E-state index contributed by atoms with van der Waals surface area (Å²) in [6.07, 6.45) is 3.70. The van der Waals surface area contributed by atoms with Gasteiger partial charge in [0, 0.05) is 44.6 Å². The lowest BCUT2D eigenvalue weighted by Gasteiger charge is -2.36. The monoisotopic (exact) mass is 349 g/mol. The van der Waals surface area contributed by atoms with Crippen molar-refractivity contribution in [3.63, 3.8) is 0 Å². The van der Waals surface area contributed by atoms with Crippen LogP contribution in [0.15, 0.2) is 47.2 Å². The first kappa shape index (κ1) is 14.6. The van der Waals surface area contributed by atoms with Gasteiger partial charge in [-0.05, 0) is 45.3 Å². The van der Waals surface area contributed by atoms with E-state index in [1.807, 2.05) is 18.3 Å². The highest BCUT2D eigenvalue weighted by molar-refractivity contribution is 9.10. The topological polar surface area (TPSA) is 28.2 Å². The third kappa shape index (κ3) is 3.48. The Morgan fingerprint density at radius 1 is 1.38 bits per heavy atom. The second-order valence-corrected chi connectivity index (χ2v) is 6.08. The molecule has 3 rings (SSSR count). The fraction of sp³-hybridized carbons (Fsp3) is 0.312. The largest absolute Gasteiger partial charge is 0.314 e. The molecular weight excluding hydrogens is 333 g/mol. The summed E-state index contributed by atoms with van der Waals surface area (Å²) in [5.74, 6) is -0.208. The van der Waals surface area contributed by atoms with E-state index in [-0.39, 0.29) is 11.9 Å². The van der Waals surface area contributed by atoms with Gasteiger partial charge in [0.05, 0.1) is 4.47 Å². The fourth-order valence-electron chi connectivity index (χ4n) is 2.71. The van der Waals surface area contributed by atoms with Crippen molar-refractivity contribution in [1.82, 2.24) is 15.2 Å². The quantitative estimate of drug-likeness (QED) is 0.922. The smallest absolute Gasteiger partial charge is 0.137 e. The molecule has 0 aliphatic carbocycles. The third-order valence-corrected chi connectivity index (χ3v) is 4.44. The molecule has 0 saturated carbocycles. The molecule has 0 bridgehead atoms. The molecule has 1 fully saturated rings. The highest BCUT2D eigenvalue weighted by Gasteiger charge is 2.24. The predicted octanol–water partition coefficient (Wildman–Crippen LogP) is 3.13. The molecule has 0 amide bonds. The zero-order valence-corrected chi connectivity index (χ0v) is 13.2. The zero-order chi connectivity index (χ0) is 14.7. The van der Waals surface area contributed by atoms with Gasteiger partial charge in [-0.3, -0.25) is 9.88 Å². The van der Waals surface area contributed by atoms with E-state index in [1.54, 1.807) is 18.3 Å². The molecular formula is C16H17BrFN3. The molecule has 1 aliphatic rings. The van der Waals surface area contributed by atoms with Crippen LogP contribution in [-0.2, 0) is 6.54 Å². The lowest BCUT2D eigenvalue weighted by molar-refractivity contribution is 0.153. The van der Waals surface area contributed by atoms with Crippen LogP contribution >= 0.6 is 15.9 Å². The molecule has 1 aliphatic heterocycles. The minimum Gasteiger partial charge on any atom is -0.314 e. The summed E-state index contributed by atoms with van der Waals surface area (Å²) in [5.41, 5.74) is 2.19. The molecule has 110 valence electrons. The minimum atomic E-state index is -0.208. The van der Waals surface area contributed by atoms with Crippen LogP contribution in [-0.4, -0.2) is 29.5 Å². The van der Waals surface area contributed by atoms with Crippen LogP contribution in [0.1, 0.15) is 17.2 Å². The predicted molar refractivity (Wildman–Crippen MR) is 84.4 cm³/mol. The first-order chi connectivity index (χ1) is 10.2. The standard InChI is InChI=1S/C16H17BrFN3/c17-14-4-3-12(8-15(14)18)11-21-7-6-20-10-16(21)13-2-1-5-19-9-13/h1-5,8-9,16,20H,6-7,10-11H2. The zero-order valence-electron chi connectivity index (χ0n) is 11.6. The molecule has 1 aromatic heterocycles. The number of hydrogen-bond donors (Lipinski definition) is 1. The first-order valence-electron chi connectivity index (χ1n) is 7.02. The molecule has 1 aromatic carbocycles. The number of pyridine rings is 1. The second-order valence-electron chi connectivity index (χ2n) is 5.23. The van der Waals surface area contributed by atoms with Crippen molar-refractivity contribution in [1.29, 1.82) is 0 Å². The van der Waals surface area contributed by atoms with Crippen LogP contribution in [0.3, 0.4) is 0 Å². The average molecular weight is 350 g/mol. The van der Waals surface area contributed by atoms with Gasteiger partial charge in [0.2, 0.25) is 0 Å². The van der Waals surface area contributed by atoms with E-state index in [2.05, 4.69) is 37.2 Å². The Morgan fingerprint density at radius 2 is 2.29 bits per heavy atom. The van der Waals surface area contributed by atoms with Crippen LogP contribution in [0.5, 0.6) is 0 Å². The number of rotatable bonds is 3. The first-order valence-corrected chi connectivity index (χ1v) is 7.82. The van der Waals surface area contributed by atoms with E-state index >= 15 is 0 Å². The van der Waals surface area contributed by atoms with Gasteiger partial charge >= 0.3 is 0 Å². The Hall–Kier alpha value is -1.30. The van der Waals surface area contributed by atoms with E-state index in [1.165, 1.54) is 5.56 Å². The van der Waals surface area contributed by atoms with Crippen molar-refractivity contribution in [2.24, 2.45) is 0 Å². The molecule has 1 unspecified atom stereocenters. The van der Waals surface area contributed by atoms with Gasteiger partial charge in [-0.25, -0.2) is 4.39 Å². The van der Waals surface area contributed by atoms with Crippen LogP contribution < -0.4 is 5.32 Å². The molecule has 2 aromatic rings. The van der Waals surface area contributed by atoms with Gasteiger partial charge < -0.3 is 5.32 Å². The normalized spacial score (nSPS) is 19.6. The van der Waals surface area contributed by atoms with Crippen LogP contribution in [0, 0.1) is 5.82 Å². The van der Waals surface area contributed by atoms with Crippen molar-refractivity contribution in [2.75, 3.05) is 19.6 Å². The van der Waals surface area contributed by atoms with Gasteiger partial charge in [-0.15, -0.1) is 0 Å². The van der Waals surface area contributed by atoms with E-state index < -0.39 is 0 Å². The fourth-order valence-corrected chi connectivity index (χ4v) is 2.96. The van der Waals surface area contributed by atoms with Crippen molar-refractivity contribution >= 4 is 15.9 Å². The van der Waals surface area contributed by atoms with Crippen molar-refractivity contribution in [2.45, 2.75) is 12.6 Å². The number of piperazine rings is 1. The maximum atomic E-state index is 13.7. The summed E-state index contributed by atoms with van der Waals surface area (Å²) in [6.45, 7) is 3.53. The molecule has 1 atom stereocenters. The molecule has 1 saturated heterocycles. The summed E-state index contributed by atoms with van der Waals surface area (Å²) in [7, 11) is 0. The number of nitrogens with one attached hydrogen (secondary N) is 1. The van der Waals surface area contributed by atoms with E-state index in [0.29, 0.717) is 4.47 Å². The summed E-state index contributed by atoms with van der Waals surface area (Å²) < 4.78 is 14.2. The number of halogens is 2. The Labute approximate surface area is 132 Å². The summed E-state index contributed by atoms with van der Waals surface area (Å²) >= 11 is 3.20. The van der Waals surface area contributed by atoms with Crippen LogP contribution in [0.4, 0.5) is 4.39 Å². The number of nitrogens with zero attached hydrogens (tertiary/aromatic N) is 2. The number of benzene rings is 1. The highest BCUT2D eigenvalue weighted by atomic mass is 79.9. The third-order valence-electron chi connectivity index (χ3n) is 3.79. The summed E-state index contributed by atoms with van der Waals surface area (Å²) in [4.78, 5) is 6.58. The highest BCUT2D eigenvalue weighted by Crippen LogP contribution is 2.24. The Bertz CT molecular complexity index is 606. The second kappa shape index (κ2) is 6.64. The van der Waals surface area contributed by atoms with Crippen molar-refractivity contribution in [3.05, 3.63) is 64.1 Å². The van der Waals surface area contributed by atoms with Crippen molar-refractivity contribution in [3.8, 4) is 0 Å². The molecule has 0 radical (unpaired) electrons. The molecule has 5 heteroatoms. The Balaban J connectivity index is 1.79. The van der Waals surface area contributed by atoms with E-state index in [4.69, 9.17) is 0 Å². The van der Waals surface area contributed by atoms with E-state index in [0.717, 1.165) is 31.7 Å². The Kier molecular flexibility index (Phi) is 4.63. The number of aromatic nitrogens is 1.